The van der Waals surface area contributed by atoms with Gasteiger partial charge in [-0.3, -0.25) is 10.1 Å². The molecule has 0 N–H and O–H groups in total. The number of nitro groups is 1. The number of aryl methyl sites for hydroxylation is 1. The number of benzene rings is 2. The van der Waals surface area contributed by atoms with Gasteiger partial charge in [0.25, 0.3) is 5.69 Å². The second-order valence-electron chi connectivity index (χ2n) is 7.70. The van der Waals surface area contributed by atoms with Gasteiger partial charge >= 0.3 is 0 Å². The van der Waals surface area contributed by atoms with Crippen molar-refractivity contribution in [1.82, 2.24) is 0 Å². The Kier molecular flexibility index (Phi) is 10.5. The minimum absolute atomic E-state index is 0.0103. The minimum atomic E-state index is -0.445. The van der Waals surface area contributed by atoms with Gasteiger partial charge in [-0.15, -0.1) is 0 Å². The van der Waals surface area contributed by atoms with E-state index in [4.69, 9.17) is 18.9 Å². The summed E-state index contributed by atoms with van der Waals surface area (Å²) < 4.78 is 21.5. The normalized spacial score (nSPS) is 13.3. The summed E-state index contributed by atoms with van der Waals surface area (Å²) in [6, 6.07) is 12.2. The number of methoxy groups -OCH3 is 2. The number of nitrogens with zero attached hydrogens (tertiary/aromatic N) is 1. The van der Waals surface area contributed by atoms with Crippen molar-refractivity contribution in [2.75, 3.05) is 21.0 Å². The van der Waals surface area contributed by atoms with Gasteiger partial charge in [0.1, 0.15) is 17.8 Å². The molecule has 0 amide bonds. The van der Waals surface area contributed by atoms with Gasteiger partial charge in [-0.25, -0.2) is 0 Å². The number of non-ortho nitro benzene ring substituents is 1. The SMILES string of the molecule is COCOc1cc(CC/C=C(/C)[C@H](OCc2ccc(OC)cc2)[C@@H](C)C=O)cc([N+](=O)[O-])c1. The van der Waals surface area contributed by atoms with Crippen LogP contribution in [0.25, 0.3) is 0 Å². The van der Waals surface area contributed by atoms with E-state index < -0.39 is 4.92 Å². The van der Waals surface area contributed by atoms with Crippen LogP contribution in [0.5, 0.6) is 11.5 Å². The van der Waals surface area contributed by atoms with E-state index in [-0.39, 0.29) is 24.5 Å². The monoisotopic (exact) mass is 457 g/mol. The number of rotatable bonds is 14. The number of allylic oxidation sites excluding steroid dienone is 1. The van der Waals surface area contributed by atoms with Gasteiger partial charge in [-0.2, -0.15) is 0 Å². The maximum absolute atomic E-state index is 11.5. The fourth-order valence-electron chi connectivity index (χ4n) is 3.36. The Morgan fingerprint density at radius 2 is 1.82 bits per heavy atom. The second kappa shape index (κ2) is 13.3. The molecule has 8 heteroatoms. The largest absolute Gasteiger partial charge is 0.497 e. The van der Waals surface area contributed by atoms with Crippen molar-refractivity contribution in [1.29, 1.82) is 0 Å². The summed E-state index contributed by atoms with van der Waals surface area (Å²) in [6.45, 7) is 4.13. The predicted molar refractivity (Wildman–Crippen MR) is 124 cm³/mol. The van der Waals surface area contributed by atoms with Crippen LogP contribution in [0.4, 0.5) is 5.69 Å². The molecule has 0 aliphatic heterocycles. The number of aldehydes is 1. The van der Waals surface area contributed by atoms with Gasteiger partial charge < -0.3 is 23.7 Å². The maximum atomic E-state index is 11.5. The van der Waals surface area contributed by atoms with Crippen LogP contribution in [0.1, 0.15) is 31.4 Å². The van der Waals surface area contributed by atoms with E-state index in [1.807, 2.05) is 44.2 Å². The molecular weight excluding hydrogens is 426 g/mol. The van der Waals surface area contributed by atoms with Crippen LogP contribution < -0.4 is 9.47 Å². The Hall–Kier alpha value is -3.23. The third kappa shape index (κ3) is 8.32. The molecule has 0 saturated heterocycles. The summed E-state index contributed by atoms with van der Waals surface area (Å²) in [5.74, 6) is 0.841. The lowest BCUT2D eigenvalue weighted by molar-refractivity contribution is -0.385. The first-order valence-corrected chi connectivity index (χ1v) is 10.6. The van der Waals surface area contributed by atoms with Crippen LogP contribution in [-0.2, 0) is 27.3 Å². The molecule has 0 aromatic heterocycles. The van der Waals surface area contributed by atoms with Gasteiger partial charge in [0.05, 0.1) is 30.8 Å². The Morgan fingerprint density at radius 3 is 2.42 bits per heavy atom. The summed E-state index contributed by atoms with van der Waals surface area (Å²) in [5, 5.41) is 11.2. The van der Waals surface area contributed by atoms with E-state index in [0.29, 0.717) is 25.2 Å². The fraction of sp³-hybridized carbons (Fsp3) is 0.400. The number of hydrogen-bond acceptors (Lipinski definition) is 7. The lowest BCUT2D eigenvalue weighted by Crippen LogP contribution is -2.24. The third-order valence-corrected chi connectivity index (χ3v) is 5.13. The molecule has 2 aromatic carbocycles. The number of hydrogen-bond donors (Lipinski definition) is 0. The Labute approximate surface area is 194 Å². The van der Waals surface area contributed by atoms with Crippen molar-refractivity contribution in [3.05, 3.63) is 75.4 Å². The van der Waals surface area contributed by atoms with Crippen molar-refractivity contribution in [2.45, 2.75) is 39.4 Å². The highest BCUT2D eigenvalue weighted by Crippen LogP contribution is 2.25. The maximum Gasteiger partial charge on any atom is 0.273 e. The highest BCUT2D eigenvalue weighted by molar-refractivity contribution is 5.55. The van der Waals surface area contributed by atoms with Crippen LogP contribution in [-0.4, -0.2) is 38.3 Å². The molecule has 0 radical (unpaired) electrons. The van der Waals surface area contributed by atoms with Crippen molar-refractivity contribution in [2.24, 2.45) is 5.92 Å². The van der Waals surface area contributed by atoms with Gasteiger partial charge in [-0.1, -0.05) is 25.1 Å². The number of nitro benzene ring substituents is 1. The van der Waals surface area contributed by atoms with Crippen LogP contribution in [0.2, 0.25) is 0 Å². The van der Waals surface area contributed by atoms with E-state index >= 15 is 0 Å². The third-order valence-electron chi connectivity index (χ3n) is 5.13. The van der Waals surface area contributed by atoms with E-state index in [1.54, 1.807) is 13.2 Å². The van der Waals surface area contributed by atoms with Crippen LogP contribution in [0.3, 0.4) is 0 Å². The molecule has 0 heterocycles. The summed E-state index contributed by atoms with van der Waals surface area (Å²) in [4.78, 5) is 22.2. The lowest BCUT2D eigenvalue weighted by Gasteiger charge is -2.22. The molecule has 2 atom stereocenters. The predicted octanol–water partition coefficient (Wildman–Crippen LogP) is 4.89. The van der Waals surface area contributed by atoms with Crippen molar-refractivity contribution in [3.63, 3.8) is 0 Å². The Bertz CT molecular complexity index is 940. The molecule has 8 nitrogen and oxygen atoms in total. The number of ether oxygens (including phenoxy) is 4. The zero-order valence-electron chi connectivity index (χ0n) is 19.5. The quantitative estimate of drug-likeness (QED) is 0.131. The first kappa shape index (κ1) is 26.0. The average Bonchev–Trinajstić information content (AvgIpc) is 2.82. The van der Waals surface area contributed by atoms with E-state index in [0.717, 1.165) is 28.7 Å². The van der Waals surface area contributed by atoms with Crippen LogP contribution >= 0.6 is 0 Å². The molecule has 0 spiro atoms. The summed E-state index contributed by atoms with van der Waals surface area (Å²) >= 11 is 0. The standard InChI is InChI=1S/C25H31NO7/c1-18(25(19(2)15-27)32-16-20-8-10-23(31-4)11-9-20)6-5-7-21-12-22(26(28)29)14-24(13-21)33-17-30-3/h6,8-15,19,25H,5,7,16-17H2,1-4H3/b18-6-/t19-,25-/m0/s1. The van der Waals surface area contributed by atoms with Gasteiger partial charge in [0.2, 0.25) is 0 Å². The molecule has 178 valence electrons. The second-order valence-corrected chi connectivity index (χ2v) is 7.70. The first-order valence-electron chi connectivity index (χ1n) is 10.6. The van der Waals surface area contributed by atoms with E-state index in [9.17, 15) is 14.9 Å². The first-order chi connectivity index (χ1) is 15.9. The van der Waals surface area contributed by atoms with Gasteiger partial charge in [0, 0.05) is 19.1 Å². The molecule has 0 aliphatic rings. The molecule has 0 fully saturated rings. The highest BCUT2D eigenvalue weighted by atomic mass is 16.7. The topological polar surface area (TPSA) is 97.1 Å². The van der Waals surface area contributed by atoms with Gasteiger partial charge in [-0.05, 0) is 54.7 Å². The highest BCUT2D eigenvalue weighted by Gasteiger charge is 2.19. The fourth-order valence-corrected chi connectivity index (χ4v) is 3.36. The van der Waals surface area contributed by atoms with Crippen molar-refractivity contribution in [3.8, 4) is 11.5 Å². The molecule has 2 rings (SSSR count). The summed E-state index contributed by atoms with van der Waals surface area (Å²) in [6.07, 6.45) is 3.73. The zero-order chi connectivity index (χ0) is 24.2. The zero-order valence-corrected chi connectivity index (χ0v) is 19.5. The molecule has 0 bridgehead atoms. The molecule has 33 heavy (non-hydrogen) atoms. The van der Waals surface area contributed by atoms with Gasteiger partial charge in [0.15, 0.2) is 6.79 Å². The average molecular weight is 458 g/mol. The molecule has 0 aliphatic carbocycles. The molecule has 0 unspecified atom stereocenters. The summed E-state index contributed by atoms with van der Waals surface area (Å²) in [7, 11) is 3.10. The van der Waals surface area contributed by atoms with E-state index in [2.05, 4.69) is 0 Å². The number of carbonyl (C=O) groups is 1. The van der Waals surface area contributed by atoms with Crippen LogP contribution in [0, 0.1) is 16.0 Å². The van der Waals surface area contributed by atoms with E-state index in [1.165, 1.54) is 19.2 Å². The smallest absolute Gasteiger partial charge is 0.273 e. The Balaban J connectivity index is 2.06. The van der Waals surface area contributed by atoms with Crippen LogP contribution in [0.15, 0.2) is 54.1 Å². The summed E-state index contributed by atoms with van der Waals surface area (Å²) in [5.41, 5.74) is 2.66. The minimum Gasteiger partial charge on any atom is -0.497 e. The molecular formula is C25H31NO7. The van der Waals surface area contributed by atoms with Crippen molar-refractivity contribution >= 4 is 12.0 Å². The van der Waals surface area contributed by atoms with Crippen molar-refractivity contribution < 1.29 is 28.7 Å². The number of carbonyl (C=O) groups excluding carboxylic acids is 1. The Morgan fingerprint density at radius 1 is 1.09 bits per heavy atom. The molecule has 2 aromatic rings. The molecule has 0 saturated carbocycles. The lowest BCUT2D eigenvalue weighted by atomic mass is 9.97.